The van der Waals surface area contributed by atoms with E-state index in [0.717, 1.165) is 31.6 Å². The first-order chi connectivity index (χ1) is 10.1. The van der Waals surface area contributed by atoms with Crippen LogP contribution in [-0.4, -0.2) is 21.3 Å². The fourth-order valence-corrected chi connectivity index (χ4v) is 3.38. The van der Waals surface area contributed by atoms with E-state index in [9.17, 15) is 0 Å². The number of hydrogen-bond acceptors (Lipinski definition) is 3. The Morgan fingerprint density at radius 2 is 1.71 bits per heavy atom. The van der Waals surface area contributed by atoms with E-state index < -0.39 is 0 Å². The fraction of sp³-hybridized carbons (Fsp3) is 0.250. The summed E-state index contributed by atoms with van der Waals surface area (Å²) in [6, 6.07) is 12.1. The van der Waals surface area contributed by atoms with Gasteiger partial charge in [-0.15, -0.1) is 0 Å². The second kappa shape index (κ2) is 7.29. The van der Waals surface area contributed by atoms with Gasteiger partial charge in [-0.2, -0.15) is 0 Å². The normalized spacial score (nSPS) is 12.0. The van der Waals surface area contributed by atoms with Gasteiger partial charge in [-0.3, -0.25) is 0 Å². The lowest BCUT2D eigenvalue weighted by atomic mass is 9.98. The van der Waals surface area contributed by atoms with Crippen LogP contribution >= 0.6 is 31.9 Å². The summed E-state index contributed by atoms with van der Waals surface area (Å²) in [7, 11) is 5.27. The zero-order chi connectivity index (χ0) is 15.4. The lowest BCUT2D eigenvalue weighted by Crippen LogP contribution is -2.18. The monoisotopic (exact) mass is 413 g/mol. The van der Waals surface area contributed by atoms with Gasteiger partial charge in [-0.25, -0.2) is 0 Å². The molecule has 21 heavy (non-hydrogen) atoms. The van der Waals surface area contributed by atoms with Crippen LogP contribution in [0.2, 0.25) is 0 Å². The minimum absolute atomic E-state index is 0.0764. The molecule has 2 rings (SSSR count). The molecule has 0 aliphatic rings. The molecule has 0 aliphatic heterocycles. The van der Waals surface area contributed by atoms with E-state index in [-0.39, 0.29) is 6.04 Å². The highest BCUT2D eigenvalue weighted by Crippen LogP contribution is 2.34. The van der Waals surface area contributed by atoms with Gasteiger partial charge in [0.1, 0.15) is 11.5 Å². The van der Waals surface area contributed by atoms with Crippen molar-refractivity contribution in [2.45, 2.75) is 6.04 Å². The van der Waals surface area contributed by atoms with E-state index in [1.165, 1.54) is 0 Å². The highest BCUT2D eigenvalue weighted by Gasteiger charge is 2.16. The van der Waals surface area contributed by atoms with Gasteiger partial charge in [0, 0.05) is 4.47 Å². The molecule has 0 fully saturated rings. The summed E-state index contributed by atoms with van der Waals surface area (Å²) in [6.07, 6.45) is 0. The van der Waals surface area contributed by atoms with Gasteiger partial charge in [0.15, 0.2) is 0 Å². The van der Waals surface area contributed by atoms with Crippen molar-refractivity contribution < 1.29 is 9.47 Å². The lowest BCUT2D eigenvalue weighted by Gasteiger charge is -2.20. The predicted molar refractivity (Wildman–Crippen MR) is 92.3 cm³/mol. The van der Waals surface area contributed by atoms with Crippen LogP contribution in [-0.2, 0) is 0 Å². The summed E-state index contributed by atoms with van der Waals surface area (Å²) in [5, 5.41) is 3.35. The Labute approximate surface area is 141 Å². The number of methoxy groups -OCH3 is 2. The molecule has 0 bridgehead atoms. The van der Waals surface area contributed by atoms with E-state index in [1.807, 2.05) is 25.2 Å². The molecule has 112 valence electrons. The molecule has 0 aromatic heterocycles. The number of ether oxygens (including phenoxy) is 2. The van der Waals surface area contributed by atoms with E-state index in [2.05, 4.69) is 55.4 Å². The Balaban J connectivity index is 2.42. The van der Waals surface area contributed by atoms with Gasteiger partial charge in [-0.05, 0) is 58.4 Å². The highest BCUT2D eigenvalue weighted by molar-refractivity contribution is 9.10. The second-order valence-electron chi connectivity index (χ2n) is 4.50. The topological polar surface area (TPSA) is 30.5 Å². The Kier molecular flexibility index (Phi) is 5.67. The summed E-state index contributed by atoms with van der Waals surface area (Å²) >= 11 is 7.15. The fourth-order valence-electron chi connectivity index (χ4n) is 2.23. The minimum Gasteiger partial charge on any atom is -0.497 e. The van der Waals surface area contributed by atoms with Gasteiger partial charge in [0.05, 0.1) is 24.7 Å². The van der Waals surface area contributed by atoms with Gasteiger partial charge >= 0.3 is 0 Å². The van der Waals surface area contributed by atoms with Crippen molar-refractivity contribution in [3.8, 4) is 11.5 Å². The molecule has 3 nitrogen and oxygen atoms in total. The summed E-state index contributed by atoms with van der Waals surface area (Å²) in [5.74, 6) is 1.65. The molecule has 0 heterocycles. The minimum atomic E-state index is 0.0764. The molecule has 1 unspecified atom stereocenters. The standard InChI is InChI=1S/C16H17Br2NO2/c1-19-16(10-4-7-15(21-3)14(18)8-10)12-6-5-11(20-2)9-13(12)17/h4-9,16,19H,1-3H3. The summed E-state index contributed by atoms with van der Waals surface area (Å²) in [6.45, 7) is 0. The largest absolute Gasteiger partial charge is 0.497 e. The van der Waals surface area contributed by atoms with E-state index in [0.29, 0.717) is 0 Å². The van der Waals surface area contributed by atoms with Crippen LogP contribution in [0, 0.1) is 0 Å². The van der Waals surface area contributed by atoms with Crippen molar-refractivity contribution in [2.75, 3.05) is 21.3 Å². The van der Waals surface area contributed by atoms with Crippen LogP contribution < -0.4 is 14.8 Å². The summed E-state index contributed by atoms with van der Waals surface area (Å²) in [4.78, 5) is 0. The van der Waals surface area contributed by atoms with E-state index >= 15 is 0 Å². The van der Waals surface area contributed by atoms with Crippen molar-refractivity contribution >= 4 is 31.9 Å². The third kappa shape index (κ3) is 3.59. The van der Waals surface area contributed by atoms with E-state index in [1.54, 1.807) is 14.2 Å². The molecule has 0 aliphatic carbocycles. The number of benzene rings is 2. The third-order valence-corrected chi connectivity index (χ3v) is 4.62. The van der Waals surface area contributed by atoms with Crippen LogP contribution in [0.3, 0.4) is 0 Å². The highest BCUT2D eigenvalue weighted by atomic mass is 79.9. The first-order valence-electron chi connectivity index (χ1n) is 6.44. The molecular formula is C16H17Br2NO2. The molecule has 1 atom stereocenters. The van der Waals surface area contributed by atoms with Crippen molar-refractivity contribution in [3.05, 3.63) is 56.5 Å². The van der Waals surface area contributed by atoms with Crippen LogP contribution in [0.5, 0.6) is 11.5 Å². The van der Waals surface area contributed by atoms with Gasteiger partial charge < -0.3 is 14.8 Å². The van der Waals surface area contributed by atoms with E-state index in [4.69, 9.17) is 9.47 Å². The SMILES string of the molecule is CNC(c1ccc(OC)c(Br)c1)c1ccc(OC)cc1Br. The van der Waals surface area contributed by atoms with Gasteiger partial charge in [0.2, 0.25) is 0 Å². The first-order valence-corrected chi connectivity index (χ1v) is 8.03. The second-order valence-corrected chi connectivity index (χ2v) is 6.21. The van der Waals surface area contributed by atoms with Crippen LogP contribution in [0.1, 0.15) is 17.2 Å². The average molecular weight is 415 g/mol. The van der Waals surface area contributed by atoms with Gasteiger partial charge in [-0.1, -0.05) is 28.1 Å². The third-order valence-electron chi connectivity index (χ3n) is 3.32. The maximum atomic E-state index is 5.28. The average Bonchev–Trinajstić information content (AvgIpc) is 2.49. The van der Waals surface area contributed by atoms with Crippen LogP contribution in [0.15, 0.2) is 45.3 Å². The maximum absolute atomic E-state index is 5.28. The van der Waals surface area contributed by atoms with Gasteiger partial charge in [0.25, 0.3) is 0 Å². The smallest absolute Gasteiger partial charge is 0.133 e. The summed E-state index contributed by atoms with van der Waals surface area (Å²) in [5.41, 5.74) is 2.30. The van der Waals surface area contributed by atoms with Crippen molar-refractivity contribution in [1.29, 1.82) is 0 Å². The van der Waals surface area contributed by atoms with Crippen molar-refractivity contribution in [2.24, 2.45) is 0 Å². The number of rotatable bonds is 5. The molecule has 2 aromatic rings. The molecule has 1 N–H and O–H groups in total. The molecule has 0 saturated heterocycles. The lowest BCUT2D eigenvalue weighted by molar-refractivity contribution is 0.412. The first kappa shape index (κ1) is 16.3. The quantitative estimate of drug-likeness (QED) is 0.779. The number of nitrogens with one attached hydrogen (secondary N) is 1. The predicted octanol–water partition coefficient (Wildman–Crippen LogP) is 4.54. The zero-order valence-electron chi connectivity index (χ0n) is 12.1. The molecule has 0 saturated carbocycles. The molecule has 5 heteroatoms. The van der Waals surface area contributed by atoms with Crippen LogP contribution in [0.25, 0.3) is 0 Å². The Bertz CT molecular complexity index is 632. The molecule has 0 spiro atoms. The summed E-state index contributed by atoms with van der Waals surface area (Å²) < 4.78 is 12.5. The molecular weight excluding hydrogens is 398 g/mol. The van der Waals surface area contributed by atoms with Crippen molar-refractivity contribution in [3.63, 3.8) is 0 Å². The molecule has 0 radical (unpaired) electrons. The maximum Gasteiger partial charge on any atom is 0.133 e. The Hall–Kier alpha value is -1.04. The molecule has 0 amide bonds. The van der Waals surface area contributed by atoms with Crippen molar-refractivity contribution in [1.82, 2.24) is 5.32 Å². The van der Waals surface area contributed by atoms with Crippen LogP contribution in [0.4, 0.5) is 0 Å². The number of halogens is 2. The number of hydrogen-bond donors (Lipinski definition) is 1. The Morgan fingerprint density at radius 3 is 2.24 bits per heavy atom. The zero-order valence-corrected chi connectivity index (χ0v) is 15.3. The molecule has 2 aromatic carbocycles. The Morgan fingerprint density at radius 1 is 0.952 bits per heavy atom.